The smallest absolute Gasteiger partial charge is 0.409 e. The van der Waals surface area contributed by atoms with Gasteiger partial charge in [0, 0.05) is 26.2 Å². The molecule has 1 aromatic heterocycles. The van der Waals surface area contributed by atoms with Crippen LogP contribution in [0.4, 0.5) is 4.79 Å². The lowest BCUT2D eigenvalue weighted by Crippen LogP contribution is -2.46. The molecule has 0 unspecified atom stereocenters. The van der Waals surface area contributed by atoms with Crippen molar-refractivity contribution in [3.8, 4) is 0 Å². The predicted octanol–water partition coefficient (Wildman–Crippen LogP) is 0.166. The largest absolute Gasteiger partial charge is 0.450 e. The van der Waals surface area contributed by atoms with Crippen molar-refractivity contribution >= 4 is 12.0 Å². The Kier molecular flexibility index (Phi) is 4.54. The highest BCUT2D eigenvalue weighted by Crippen LogP contribution is 2.12. The molecule has 0 saturated carbocycles. The van der Waals surface area contributed by atoms with Crippen molar-refractivity contribution in [1.29, 1.82) is 0 Å². The van der Waals surface area contributed by atoms with Crippen LogP contribution >= 0.6 is 0 Å². The number of likely N-dealkylation sites (tertiary alicyclic amines) is 1. The predicted molar refractivity (Wildman–Crippen MR) is 70.1 cm³/mol. The molecule has 0 aliphatic carbocycles. The minimum Gasteiger partial charge on any atom is -0.450 e. The quantitative estimate of drug-likeness (QED) is 0.852. The molecule has 1 aromatic rings. The van der Waals surface area contributed by atoms with Gasteiger partial charge in [0.1, 0.15) is 0 Å². The van der Waals surface area contributed by atoms with Crippen LogP contribution in [0.15, 0.2) is 6.20 Å². The van der Waals surface area contributed by atoms with E-state index >= 15 is 0 Å². The molecule has 0 atom stereocenters. The van der Waals surface area contributed by atoms with Crippen LogP contribution in [0.5, 0.6) is 0 Å². The number of carbonyl (C=O) groups excluding carboxylic acids is 2. The van der Waals surface area contributed by atoms with E-state index in [1.54, 1.807) is 18.9 Å². The van der Waals surface area contributed by atoms with Gasteiger partial charge in [-0.25, -0.2) is 4.79 Å². The summed E-state index contributed by atoms with van der Waals surface area (Å²) < 4.78 is 4.95. The van der Waals surface area contributed by atoms with Crippen LogP contribution in [0.3, 0.4) is 0 Å². The van der Waals surface area contributed by atoms with Gasteiger partial charge in [-0.2, -0.15) is 9.90 Å². The van der Waals surface area contributed by atoms with Crippen LogP contribution in [0.1, 0.15) is 30.3 Å². The molecule has 8 heteroatoms. The van der Waals surface area contributed by atoms with Crippen molar-refractivity contribution in [2.75, 3.05) is 19.7 Å². The number of hydrogen-bond donors (Lipinski definition) is 1. The van der Waals surface area contributed by atoms with Crippen LogP contribution in [-0.2, 0) is 11.8 Å². The molecular weight excluding hydrogens is 262 g/mol. The minimum absolute atomic E-state index is 0.0511. The molecule has 2 rings (SSSR count). The first-order chi connectivity index (χ1) is 9.60. The van der Waals surface area contributed by atoms with Crippen molar-refractivity contribution in [2.24, 2.45) is 7.05 Å². The number of aromatic nitrogens is 3. The second-order valence-electron chi connectivity index (χ2n) is 4.65. The first-order valence-corrected chi connectivity index (χ1v) is 6.69. The van der Waals surface area contributed by atoms with Crippen molar-refractivity contribution in [1.82, 2.24) is 25.2 Å². The maximum absolute atomic E-state index is 11.9. The van der Waals surface area contributed by atoms with Gasteiger partial charge in [0.15, 0.2) is 5.69 Å². The summed E-state index contributed by atoms with van der Waals surface area (Å²) in [7, 11) is 1.66. The number of aryl methyl sites for hydroxylation is 1. The molecule has 0 aromatic carbocycles. The van der Waals surface area contributed by atoms with E-state index in [1.807, 2.05) is 0 Å². The minimum atomic E-state index is -0.286. The van der Waals surface area contributed by atoms with Gasteiger partial charge >= 0.3 is 6.09 Å². The fraction of sp³-hybridized carbons (Fsp3) is 0.667. The third kappa shape index (κ3) is 3.46. The molecule has 1 aliphatic rings. The lowest BCUT2D eigenvalue weighted by molar-refractivity contribution is 0.0856. The Morgan fingerprint density at radius 2 is 2.15 bits per heavy atom. The van der Waals surface area contributed by atoms with Gasteiger partial charge in [0.2, 0.25) is 0 Å². The van der Waals surface area contributed by atoms with Gasteiger partial charge in [0.25, 0.3) is 5.91 Å². The number of ether oxygens (including phenoxy) is 1. The first kappa shape index (κ1) is 14.3. The fourth-order valence-corrected chi connectivity index (χ4v) is 2.13. The van der Waals surface area contributed by atoms with Gasteiger partial charge < -0.3 is 15.0 Å². The Balaban J connectivity index is 1.80. The molecule has 2 heterocycles. The van der Waals surface area contributed by atoms with Gasteiger partial charge in [-0.1, -0.05) is 0 Å². The highest BCUT2D eigenvalue weighted by atomic mass is 16.6. The van der Waals surface area contributed by atoms with Crippen LogP contribution in [0.25, 0.3) is 0 Å². The lowest BCUT2D eigenvalue weighted by atomic mass is 10.1. The van der Waals surface area contributed by atoms with E-state index in [0.717, 1.165) is 0 Å². The maximum atomic E-state index is 11.9. The number of carbonyl (C=O) groups is 2. The average Bonchev–Trinajstić information content (AvgIpc) is 2.86. The maximum Gasteiger partial charge on any atom is 0.409 e. The average molecular weight is 281 g/mol. The number of nitrogens with one attached hydrogen (secondary N) is 1. The van der Waals surface area contributed by atoms with Gasteiger partial charge in [-0.3, -0.25) is 4.79 Å². The zero-order chi connectivity index (χ0) is 14.5. The van der Waals surface area contributed by atoms with Gasteiger partial charge in [-0.05, 0) is 19.8 Å². The molecule has 0 radical (unpaired) electrons. The summed E-state index contributed by atoms with van der Waals surface area (Å²) in [6.07, 6.45) is 2.57. The molecule has 8 nitrogen and oxygen atoms in total. The summed E-state index contributed by atoms with van der Waals surface area (Å²) in [5, 5.41) is 10.7. The number of nitrogens with zero attached hydrogens (tertiary/aromatic N) is 4. The molecule has 1 aliphatic heterocycles. The van der Waals surface area contributed by atoms with Crippen molar-refractivity contribution in [3.05, 3.63) is 11.9 Å². The Labute approximate surface area is 117 Å². The Hall–Kier alpha value is -2.12. The topological polar surface area (TPSA) is 89.4 Å². The van der Waals surface area contributed by atoms with E-state index in [9.17, 15) is 9.59 Å². The zero-order valence-electron chi connectivity index (χ0n) is 11.7. The van der Waals surface area contributed by atoms with E-state index in [1.165, 1.54) is 11.0 Å². The zero-order valence-corrected chi connectivity index (χ0v) is 11.7. The number of rotatable bonds is 3. The normalized spacial score (nSPS) is 16.0. The van der Waals surface area contributed by atoms with Crippen LogP contribution in [0, 0.1) is 0 Å². The first-order valence-electron chi connectivity index (χ1n) is 6.69. The van der Waals surface area contributed by atoms with Crippen molar-refractivity contribution in [2.45, 2.75) is 25.8 Å². The third-order valence-corrected chi connectivity index (χ3v) is 3.19. The Bertz CT molecular complexity index is 479. The monoisotopic (exact) mass is 281 g/mol. The fourth-order valence-electron chi connectivity index (χ4n) is 2.13. The summed E-state index contributed by atoms with van der Waals surface area (Å²) in [6, 6.07) is 0.0511. The molecule has 0 bridgehead atoms. The van der Waals surface area contributed by atoms with Gasteiger partial charge in [0.05, 0.1) is 12.8 Å². The number of amides is 2. The summed E-state index contributed by atoms with van der Waals surface area (Å²) in [4.78, 5) is 26.5. The van der Waals surface area contributed by atoms with Gasteiger partial charge in [-0.15, -0.1) is 5.10 Å². The lowest BCUT2D eigenvalue weighted by Gasteiger charge is -2.31. The molecular formula is C12H19N5O3. The second kappa shape index (κ2) is 6.36. The summed E-state index contributed by atoms with van der Waals surface area (Å²) in [5.74, 6) is -0.229. The van der Waals surface area contributed by atoms with E-state index in [-0.39, 0.29) is 18.0 Å². The number of hydrogen-bond acceptors (Lipinski definition) is 5. The Morgan fingerprint density at radius 1 is 1.45 bits per heavy atom. The molecule has 1 saturated heterocycles. The van der Waals surface area contributed by atoms with E-state index in [4.69, 9.17) is 4.74 Å². The highest BCUT2D eigenvalue weighted by molar-refractivity contribution is 5.92. The molecule has 1 N–H and O–H groups in total. The van der Waals surface area contributed by atoms with E-state index < -0.39 is 0 Å². The number of piperidine rings is 1. The van der Waals surface area contributed by atoms with Crippen LogP contribution in [-0.4, -0.2) is 57.6 Å². The highest BCUT2D eigenvalue weighted by Gasteiger charge is 2.25. The standard InChI is InChI=1S/C12H19N5O3/c1-3-20-12(19)17-6-4-9(5-7-17)14-11(18)10-8-13-16(2)15-10/h8-9H,3-7H2,1-2H3,(H,14,18). The molecule has 0 spiro atoms. The summed E-state index contributed by atoms with van der Waals surface area (Å²) in [5.41, 5.74) is 0.306. The second-order valence-corrected chi connectivity index (χ2v) is 4.65. The molecule has 2 amide bonds. The summed E-state index contributed by atoms with van der Waals surface area (Å²) >= 11 is 0. The van der Waals surface area contributed by atoms with Crippen molar-refractivity contribution < 1.29 is 14.3 Å². The van der Waals surface area contributed by atoms with E-state index in [2.05, 4.69) is 15.5 Å². The van der Waals surface area contributed by atoms with E-state index in [0.29, 0.717) is 38.2 Å². The Morgan fingerprint density at radius 3 is 2.70 bits per heavy atom. The molecule has 1 fully saturated rings. The van der Waals surface area contributed by atoms with Crippen LogP contribution in [0.2, 0.25) is 0 Å². The van der Waals surface area contributed by atoms with Crippen LogP contribution < -0.4 is 5.32 Å². The molecule has 110 valence electrons. The SMILES string of the molecule is CCOC(=O)N1CCC(NC(=O)c2cnn(C)n2)CC1. The van der Waals surface area contributed by atoms with Crippen molar-refractivity contribution in [3.63, 3.8) is 0 Å². The third-order valence-electron chi connectivity index (χ3n) is 3.19. The summed E-state index contributed by atoms with van der Waals surface area (Å²) in [6.45, 7) is 3.34. The molecule has 20 heavy (non-hydrogen) atoms.